The molecule has 10 heteroatoms. The average Bonchev–Trinajstić information content (AvgIpc) is 3.19. The molecule has 5 rings (SSSR count). The Morgan fingerprint density at radius 1 is 1.17 bits per heavy atom. The topological polar surface area (TPSA) is 87.9 Å². The van der Waals surface area contributed by atoms with Crippen molar-refractivity contribution in [1.82, 2.24) is 19.4 Å². The summed E-state index contributed by atoms with van der Waals surface area (Å²) in [6.07, 6.45) is 2.97. The molecule has 8 nitrogen and oxygen atoms in total. The van der Waals surface area contributed by atoms with Gasteiger partial charge in [-0.2, -0.15) is 0 Å². The number of carbonyl (C=O) groups excluding carboxylic acids is 1. The van der Waals surface area contributed by atoms with Crippen LogP contribution in [0.4, 0.5) is 8.78 Å². The number of rotatable bonds is 6. The molecule has 190 valence electrons. The van der Waals surface area contributed by atoms with E-state index in [0.717, 1.165) is 22.7 Å². The Kier molecular flexibility index (Phi) is 6.48. The molecule has 1 saturated heterocycles. The lowest BCUT2D eigenvalue weighted by Crippen LogP contribution is -2.52. The number of hydrogen-bond donors (Lipinski definition) is 1. The van der Waals surface area contributed by atoms with Gasteiger partial charge in [0, 0.05) is 55.7 Å². The number of carbonyl (C=O) groups is 2. The highest BCUT2D eigenvalue weighted by Crippen LogP contribution is 2.31. The molecule has 1 N–H and O–H groups in total. The monoisotopic (exact) mass is 498 g/mol. The van der Waals surface area contributed by atoms with E-state index in [1.807, 2.05) is 21.6 Å². The molecule has 0 spiro atoms. The molecule has 0 bridgehead atoms. The van der Waals surface area contributed by atoms with Crippen LogP contribution in [-0.4, -0.2) is 75.2 Å². The van der Waals surface area contributed by atoms with Gasteiger partial charge in [-0.3, -0.25) is 9.69 Å². The number of methoxy groups -OCH3 is 1. The van der Waals surface area contributed by atoms with Gasteiger partial charge < -0.3 is 19.3 Å². The van der Waals surface area contributed by atoms with Crippen molar-refractivity contribution in [1.29, 1.82) is 0 Å². The van der Waals surface area contributed by atoms with Crippen LogP contribution < -0.4 is 0 Å². The second-order valence-corrected chi connectivity index (χ2v) is 9.47. The van der Waals surface area contributed by atoms with Crippen molar-refractivity contribution in [3.63, 3.8) is 0 Å². The number of carboxylic acid groups (broad SMARTS) is 1. The number of piperidine rings is 1. The molecule has 2 aromatic heterocycles. The first kappa shape index (κ1) is 24.3. The summed E-state index contributed by atoms with van der Waals surface area (Å²) in [6, 6.07) is 7.38. The van der Waals surface area contributed by atoms with Crippen molar-refractivity contribution in [2.24, 2.45) is 0 Å². The third-order valence-corrected chi connectivity index (χ3v) is 7.51. The van der Waals surface area contributed by atoms with Gasteiger partial charge >= 0.3 is 5.97 Å². The summed E-state index contributed by atoms with van der Waals surface area (Å²) in [5.74, 6) is -2.27. The Balaban J connectivity index is 1.35. The largest absolute Gasteiger partial charge is 0.479 e. The zero-order valence-electron chi connectivity index (χ0n) is 20.0. The van der Waals surface area contributed by atoms with Crippen LogP contribution in [-0.2, 0) is 33.8 Å². The van der Waals surface area contributed by atoms with Crippen LogP contribution in [0.5, 0.6) is 0 Å². The summed E-state index contributed by atoms with van der Waals surface area (Å²) in [6.45, 7) is 2.20. The third kappa shape index (κ3) is 4.35. The van der Waals surface area contributed by atoms with E-state index >= 15 is 0 Å². The lowest BCUT2D eigenvalue weighted by atomic mass is 9.91. The van der Waals surface area contributed by atoms with Gasteiger partial charge in [0.15, 0.2) is 5.60 Å². The Labute approximate surface area is 207 Å². The Morgan fingerprint density at radius 2 is 1.94 bits per heavy atom. The minimum atomic E-state index is -1.19. The number of ether oxygens (including phenoxy) is 1. The number of hydrogen-bond acceptors (Lipinski definition) is 5. The van der Waals surface area contributed by atoms with E-state index in [1.54, 1.807) is 11.1 Å². The zero-order valence-corrected chi connectivity index (χ0v) is 20.0. The average molecular weight is 499 g/mol. The van der Waals surface area contributed by atoms with Gasteiger partial charge in [-0.25, -0.2) is 18.6 Å². The number of nitrogens with zero attached hydrogens (tertiary/aromatic N) is 4. The van der Waals surface area contributed by atoms with Gasteiger partial charge in [0.1, 0.15) is 17.3 Å². The van der Waals surface area contributed by atoms with Crippen LogP contribution in [0.3, 0.4) is 0 Å². The maximum Gasteiger partial charge on any atom is 0.336 e. The number of aromatic nitrogens is 2. The van der Waals surface area contributed by atoms with Crippen LogP contribution in [0.2, 0.25) is 0 Å². The molecule has 3 aromatic rings. The number of amides is 1. The summed E-state index contributed by atoms with van der Waals surface area (Å²) in [5, 5.41) is 10.5. The summed E-state index contributed by atoms with van der Waals surface area (Å²) in [5.41, 5.74) is 1.85. The maximum absolute atomic E-state index is 14.5. The predicted octanol–water partition coefficient (Wildman–Crippen LogP) is 2.81. The molecule has 2 aliphatic rings. The van der Waals surface area contributed by atoms with Gasteiger partial charge in [0.25, 0.3) is 0 Å². The SMILES string of the molecule is COC1(C(=O)O)CCN(CC(=O)N2CCc3c(n(Cc4ccc(F)cc4F)c4ncccc34)C2)CC1. The van der Waals surface area contributed by atoms with Gasteiger partial charge in [-0.1, -0.05) is 6.07 Å². The first-order valence-corrected chi connectivity index (χ1v) is 12.0. The van der Waals surface area contributed by atoms with Crippen molar-refractivity contribution in [2.45, 2.75) is 38.0 Å². The van der Waals surface area contributed by atoms with Crippen molar-refractivity contribution in [2.75, 3.05) is 33.3 Å². The molecule has 1 fully saturated rings. The number of fused-ring (bicyclic) bond motifs is 3. The van der Waals surface area contributed by atoms with Crippen LogP contribution in [0.1, 0.15) is 29.7 Å². The summed E-state index contributed by atoms with van der Waals surface area (Å²) in [4.78, 5) is 33.1. The molecule has 0 atom stereocenters. The van der Waals surface area contributed by atoms with Gasteiger partial charge in [0.2, 0.25) is 5.91 Å². The Bertz CT molecular complexity index is 1320. The number of halogens is 2. The maximum atomic E-state index is 14.5. The Morgan fingerprint density at radius 3 is 2.64 bits per heavy atom. The number of carboxylic acids is 1. The van der Waals surface area contributed by atoms with E-state index in [2.05, 4.69) is 4.98 Å². The number of likely N-dealkylation sites (tertiary alicyclic amines) is 1. The lowest BCUT2D eigenvalue weighted by molar-refractivity contribution is -0.168. The predicted molar refractivity (Wildman–Crippen MR) is 127 cm³/mol. The normalized spacial score (nSPS) is 17.8. The van der Waals surface area contributed by atoms with E-state index in [4.69, 9.17) is 4.74 Å². The molecule has 1 amide bonds. The number of benzene rings is 1. The summed E-state index contributed by atoms with van der Waals surface area (Å²) < 4.78 is 35.1. The fourth-order valence-corrected chi connectivity index (χ4v) is 5.33. The summed E-state index contributed by atoms with van der Waals surface area (Å²) >= 11 is 0. The molecular formula is C26H28F2N4O4. The van der Waals surface area contributed by atoms with Gasteiger partial charge in [0.05, 0.1) is 19.6 Å². The first-order valence-electron chi connectivity index (χ1n) is 12.0. The van der Waals surface area contributed by atoms with Crippen LogP contribution >= 0.6 is 0 Å². The zero-order chi connectivity index (χ0) is 25.4. The fourth-order valence-electron chi connectivity index (χ4n) is 5.33. The standard InChI is InChI=1S/C26H28F2N4O4/c1-36-26(25(34)35)7-11-30(12-8-26)16-23(33)31-10-6-19-20-3-2-9-29-24(20)32(22(19)15-31)14-17-4-5-18(27)13-21(17)28/h2-5,9,13H,6-8,10-12,14-16H2,1H3,(H,34,35). The minimum absolute atomic E-state index is 0.0429. The van der Waals surface area contributed by atoms with Crippen molar-refractivity contribution in [3.8, 4) is 0 Å². The molecule has 36 heavy (non-hydrogen) atoms. The molecule has 1 aromatic carbocycles. The number of aliphatic carboxylic acids is 1. The van der Waals surface area contributed by atoms with Crippen molar-refractivity contribution in [3.05, 3.63) is 65.0 Å². The smallest absolute Gasteiger partial charge is 0.336 e. The molecular weight excluding hydrogens is 470 g/mol. The summed E-state index contributed by atoms with van der Waals surface area (Å²) in [7, 11) is 1.41. The molecule has 0 radical (unpaired) electrons. The van der Waals surface area contributed by atoms with Crippen molar-refractivity contribution >= 4 is 22.9 Å². The second-order valence-electron chi connectivity index (χ2n) is 9.47. The third-order valence-electron chi connectivity index (χ3n) is 7.51. The fraction of sp³-hybridized carbons (Fsp3) is 0.423. The highest BCUT2D eigenvalue weighted by Gasteiger charge is 2.42. The lowest BCUT2D eigenvalue weighted by Gasteiger charge is -2.38. The van der Waals surface area contributed by atoms with Gasteiger partial charge in [-0.15, -0.1) is 0 Å². The molecule has 0 unspecified atom stereocenters. The van der Waals surface area contributed by atoms with E-state index in [9.17, 15) is 23.5 Å². The molecule has 2 aliphatic heterocycles. The van der Waals surface area contributed by atoms with E-state index in [-0.39, 0.29) is 19.0 Å². The van der Waals surface area contributed by atoms with Crippen LogP contribution in [0.15, 0.2) is 36.5 Å². The van der Waals surface area contributed by atoms with Crippen molar-refractivity contribution < 1.29 is 28.2 Å². The Hall–Kier alpha value is -3.37. The number of pyridine rings is 1. The van der Waals surface area contributed by atoms with Gasteiger partial charge in [-0.05, 0) is 43.0 Å². The first-order chi connectivity index (χ1) is 17.3. The molecule has 0 aliphatic carbocycles. The highest BCUT2D eigenvalue weighted by atomic mass is 19.1. The second kappa shape index (κ2) is 9.59. The molecule has 4 heterocycles. The quantitative estimate of drug-likeness (QED) is 0.563. The van der Waals surface area contributed by atoms with E-state index in [0.29, 0.717) is 56.7 Å². The van der Waals surface area contributed by atoms with E-state index < -0.39 is 23.2 Å². The van der Waals surface area contributed by atoms with E-state index in [1.165, 1.54) is 19.2 Å². The molecule has 0 saturated carbocycles. The van der Waals surface area contributed by atoms with Crippen LogP contribution in [0, 0.1) is 11.6 Å². The highest BCUT2D eigenvalue weighted by molar-refractivity contribution is 5.84. The minimum Gasteiger partial charge on any atom is -0.479 e. The van der Waals surface area contributed by atoms with Crippen LogP contribution in [0.25, 0.3) is 11.0 Å².